The molecule has 1 fully saturated rings. The Hall–Kier alpha value is -2.71. The largest absolute Gasteiger partial charge is 0.497 e. The van der Waals surface area contributed by atoms with Gasteiger partial charge >= 0.3 is 0 Å². The summed E-state index contributed by atoms with van der Waals surface area (Å²) in [5.74, 6) is 0.764. The van der Waals surface area contributed by atoms with Crippen molar-refractivity contribution < 1.29 is 9.47 Å². The smallest absolute Gasteiger partial charge is 0.119 e. The van der Waals surface area contributed by atoms with Crippen LogP contribution in [0.4, 0.5) is 0 Å². The summed E-state index contributed by atoms with van der Waals surface area (Å²) in [6, 6.07) is 7.71. The molecule has 0 aliphatic carbocycles. The zero-order valence-electron chi connectivity index (χ0n) is 14.0. The molecule has 25 heavy (non-hydrogen) atoms. The number of hydrogen-bond donors (Lipinski definition) is 1. The average Bonchev–Trinajstić information content (AvgIpc) is 3.34. The number of aromatic nitrogens is 5. The Kier molecular flexibility index (Phi) is 4.45. The highest BCUT2D eigenvalue weighted by Crippen LogP contribution is 2.29. The predicted molar refractivity (Wildman–Crippen MR) is 91.7 cm³/mol. The van der Waals surface area contributed by atoms with Crippen molar-refractivity contribution >= 4 is 0 Å². The van der Waals surface area contributed by atoms with E-state index < -0.39 is 0 Å². The van der Waals surface area contributed by atoms with Crippen LogP contribution in [0.1, 0.15) is 0 Å². The Bertz CT molecular complexity index is 824. The molecular weight excluding hydrogens is 320 g/mol. The van der Waals surface area contributed by atoms with Crippen LogP contribution in [0, 0.1) is 0 Å². The first-order valence-corrected chi connectivity index (χ1v) is 8.24. The normalized spacial score (nSPS) is 17.6. The lowest BCUT2D eigenvalue weighted by molar-refractivity contribution is 0.0158. The summed E-state index contributed by atoms with van der Waals surface area (Å²) in [6.45, 7) is 3.12. The van der Waals surface area contributed by atoms with Gasteiger partial charge in [-0.15, -0.1) is 5.10 Å². The Morgan fingerprint density at radius 3 is 3.12 bits per heavy atom. The maximum atomic E-state index is 5.73. The Morgan fingerprint density at radius 2 is 2.36 bits per heavy atom. The molecular formula is C17H20N6O2. The Balaban J connectivity index is 1.64. The van der Waals surface area contributed by atoms with E-state index in [4.69, 9.17) is 9.47 Å². The van der Waals surface area contributed by atoms with Crippen LogP contribution in [0.5, 0.6) is 5.75 Å². The SMILES string of the molecule is COc1ccc(-n2cccn2)c(-c2cn(CC3CNCCO3)nn2)c1. The van der Waals surface area contributed by atoms with E-state index >= 15 is 0 Å². The van der Waals surface area contributed by atoms with Gasteiger partial charge in [0.15, 0.2) is 0 Å². The molecule has 0 radical (unpaired) electrons. The van der Waals surface area contributed by atoms with Crippen molar-refractivity contribution in [2.75, 3.05) is 26.8 Å². The monoisotopic (exact) mass is 340 g/mol. The molecule has 1 aliphatic rings. The first kappa shape index (κ1) is 15.8. The van der Waals surface area contributed by atoms with Crippen molar-refractivity contribution in [2.24, 2.45) is 0 Å². The van der Waals surface area contributed by atoms with Crippen LogP contribution in [0.25, 0.3) is 16.9 Å². The molecule has 0 bridgehead atoms. The van der Waals surface area contributed by atoms with Crippen molar-refractivity contribution in [1.82, 2.24) is 30.1 Å². The second kappa shape index (κ2) is 7.04. The van der Waals surface area contributed by atoms with E-state index in [0.29, 0.717) is 6.54 Å². The van der Waals surface area contributed by atoms with Crippen LogP contribution in [0.2, 0.25) is 0 Å². The highest BCUT2D eigenvalue weighted by molar-refractivity contribution is 5.71. The predicted octanol–water partition coefficient (Wildman–Crippen LogP) is 1.13. The maximum absolute atomic E-state index is 5.73. The molecule has 0 spiro atoms. The van der Waals surface area contributed by atoms with Gasteiger partial charge in [0.2, 0.25) is 0 Å². The molecule has 2 aromatic heterocycles. The summed E-state index contributed by atoms with van der Waals surface area (Å²) in [6.07, 6.45) is 5.69. The van der Waals surface area contributed by atoms with E-state index in [0.717, 1.165) is 42.4 Å². The minimum absolute atomic E-state index is 0.110. The molecule has 8 nitrogen and oxygen atoms in total. The van der Waals surface area contributed by atoms with Gasteiger partial charge in [-0.05, 0) is 24.3 Å². The van der Waals surface area contributed by atoms with Crippen LogP contribution in [-0.4, -0.2) is 57.7 Å². The highest BCUT2D eigenvalue weighted by Gasteiger charge is 2.17. The van der Waals surface area contributed by atoms with E-state index in [2.05, 4.69) is 20.7 Å². The number of rotatable bonds is 5. The number of ether oxygens (including phenoxy) is 2. The van der Waals surface area contributed by atoms with Gasteiger partial charge in [0.1, 0.15) is 11.4 Å². The zero-order chi connectivity index (χ0) is 17.1. The molecule has 130 valence electrons. The lowest BCUT2D eigenvalue weighted by Gasteiger charge is -2.23. The summed E-state index contributed by atoms with van der Waals surface area (Å²) < 4.78 is 14.7. The van der Waals surface area contributed by atoms with Gasteiger partial charge in [0, 0.05) is 31.0 Å². The van der Waals surface area contributed by atoms with Gasteiger partial charge in [-0.25, -0.2) is 9.36 Å². The third-order valence-electron chi connectivity index (χ3n) is 4.16. The minimum Gasteiger partial charge on any atom is -0.497 e. The molecule has 8 heteroatoms. The van der Waals surface area contributed by atoms with Crippen molar-refractivity contribution in [3.05, 3.63) is 42.9 Å². The van der Waals surface area contributed by atoms with E-state index in [1.807, 2.05) is 46.0 Å². The lowest BCUT2D eigenvalue weighted by atomic mass is 10.1. The van der Waals surface area contributed by atoms with Gasteiger partial charge in [0.05, 0.1) is 38.2 Å². The first-order chi connectivity index (χ1) is 12.3. The number of nitrogens with one attached hydrogen (secondary N) is 1. The van der Waals surface area contributed by atoms with Crippen LogP contribution in [0.3, 0.4) is 0 Å². The van der Waals surface area contributed by atoms with Crippen molar-refractivity contribution in [3.8, 4) is 22.7 Å². The Labute approximate surface area is 145 Å². The molecule has 1 atom stereocenters. The maximum Gasteiger partial charge on any atom is 0.119 e. The molecule has 1 aliphatic heterocycles. The summed E-state index contributed by atoms with van der Waals surface area (Å²) in [4.78, 5) is 0. The molecule has 4 rings (SSSR count). The third kappa shape index (κ3) is 3.40. The number of hydrogen-bond acceptors (Lipinski definition) is 6. The number of nitrogens with zero attached hydrogens (tertiary/aromatic N) is 5. The second-order valence-electron chi connectivity index (χ2n) is 5.86. The summed E-state index contributed by atoms with van der Waals surface area (Å²) in [5.41, 5.74) is 2.61. The molecule has 1 N–H and O–H groups in total. The average molecular weight is 340 g/mol. The van der Waals surface area contributed by atoms with E-state index in [9.17, 15) is 0 Å². The fraction of sp³-hybridized carbons (Fsp3) is 0.353. The fourth-order valence-corrected chi connectivity index (χ4v) is 2.92. The molecule has 1 unspecified atom stereocenters. The van der Waals surface area contributed by atoms with Gasteiger partial charge < -0.3 is 14.8 Å². The molecule has 0 saturated carbocycles. The van der Waals surface area contributed by atoms with Crippen molar-refractivity contribution in [2.45, 2.75) is 12.6 Å². The zero-order valence-corrected chi connectivity index (χ0v) is 14.0. The minimum atomic E-state index is 0.110. The van der Waals surface area contributed by atoms with E-state index in [1.165, 1.54) is 0 Å². The summed E-state index contributed by atoms with van der Waals surface area (Å²) in [7, 11) is 1.65. The molecule has 1 aromatic carbocycles. The lowest BCUT2D eigenvalue weighted by Crippen LogP contribution is -2.40. The van der Waals surface area contributed by atoms with Crippen LogP contribution < -0.4 is 10.1 Å². The van der Waals surface area contributed by atoms with Crippen LogP contribution >= 0.6 is 0 Å². The van der Waals surface area contributed by atoms with E-state index in [1.54, 1.807) is 13.3 Å². The third-order valence-corrected chi connectivity index (χ3v) is 4.16. The second-order valence-corrected chi connectivity index (χ2v) is 5.86. The number of morpholine rings is 1. The van der Waals surface area contributed by atoms with E-state index in [-0.39, 0.29) is 6.10 Å². The van der Waals surface area contributed by atoms with Crippen molar-refractivity contribution in [3.63, 3.8) is 0 Å². The standard InChI is InChI=1S/C17H20N6O2/c1-24-13-3-4-17(23-7-2-5-19-23)15(9-13)16-12-22(21-20-16)11-14-10-18-6-8-25-14/h2-5,7,9,12,14,18H,6,8,10-11H2,1H3. The molecule has 1 saturated heterocycles. The number of benzene rings is 1. The summed E-state index contributed by atoms with van der Waals surface area (Å²) >= 11 is 0. The molecule has 3 heterocycles. The van der Waals surface area contributed by atoms with Crippen LogP contribution in [-0.2, 0) is 11.3 Å². The highest BCUT2D eigenvalue weighted by atomic mass is 16.5. The van der Waals surface area contributed by atoms with Gasteiger partial charge in [0.25, 0.3) is 0 Å². The van der Waals surface area contributed by atoms with Crippen molar-refractivity contribution in [1.29, 1.82) is 0 Å². The summed E-state index contributed by atoms with van der Waals surface area (Å²) in [5, 5.41) is 16.2. The van der Waals surface area contributed by atoms with Gasteiger partial charge in [-0.3, -0.25) is 0 Å². The quantitative estimate of drug-likeness (QED) is 0.750. The fourth-order valence-electron chi connectivity index (χ4n) is 2.92. The molecule has 3 aromatic rings. The first-order valence-electron chi connectivity index (χ1n) is 8.24. The van der Waals surface area contributed by atoms with Gasteiger partial charge in [-0.2, -0.15) is 5.10 Å². The Morgan fingerprint density at radius 1 is 1.40 bits per heavy atom. The molecule has 0 amide bonds. The topological polar surface area (TPSA) is 79.0 Å². The van der Waals surface area contributed by atoms with Gasteiger partial charge in [-0.1, -0.05) is 5.21 Å². The number of methoxy groups -OCH3 is 1. The van der Waals surface area contributed by atoms with Crippen LogP contribution in [0.15, 0.2) is 42.9 Å².